The van der Waals surface area contributed by atoms with Gasteiger partial charge in [0.2, 0.25) is 0 Å². The van der Waals surface area contributed by atoms with Crippen LogP contribution in [0.25, 0.3) is 11.1 Å². The van der Waals surface area contributed by atoms with Crippen LogP contribution in [-0.2, 0) is 12.8 Å². The summed E-state index contributed by atoms with van der Waals surface area (Å²) < 4.78 is 5.34. The Balaban J connectivity index is 1.91. The van der Waals surface area contributed by atoms with Crippen molar-refractivity contribution in [2.75, 3.05) is 5.73 Å². The predicted molar refractivity (Wildman–Crippen MR) is 84.6 cm³/mol. The summed E-state index contributed by atoms with van der Waals surface area (Å²) >= 11 is 12.0. The molecule has 0 spiro atoms. The Kier molecular flexibility index (Phi) is 3.90. The highest BCUT2D eigenvalue weighted by Crippen LogP contribution is 2.33. The van der Waals surface area contributed by atoms with Gasteiger partial charge in [-0.3, -0.25) is 5.10 Å². The normalized spacial score (nSPS) is 11.0. The maximum Gasteiger partial charge on any atom is 0.153 e. The van der Waals surface area contributed by atoms with Crippen molar-refractivity contribution in [3.8, 4) is 11.1 Å². The van der Waals surface area contributed by atoms with E-state index in [4.69, 9.17) is 33.4 Å². The second kappa shape index (κ2) is 5.84. The molecule has 0 atom stereocenters. The zero-order valence-electron chi connectivity index (χ0n) is 11.1. The van der Waals surface area contributed by atoms with Crippen molar-refractivity contribution in [1.29, 1.82) is 0 Å². The number of hydrogen-bond donors (Lipinski definition) is 2. The lowest BCUT2D eigenvalue weighted by atomic mass is 10.0. The number of nitrogens with one attached hydrogen (secondary N) is 1. The van der Waals surface area contributed by atoms with E-state index < -0.39 is 0 Å². The van der Waals surface area contributed by atoms with Gasteiger partial charge in [-0.15, -0.1) is 0 Å². The maximum atomic E-state index is 6.08. The van der Waals surface area contributed by atoms with E-state index in [0.717, 1.165) is 35.4 Å². The average molecular weight is 322 g/mol. The summed E-state index contributed by atoms with van der Waals surface area (Å²) in [4.78, 5) is 0. The average Bonchev–Trinajstić information content (AvgIpc) is 3.09. The van der Waals surface area contributed by atoms with Crippen LogP contribution in [0, 0.1) is 0 Å². The number of nitrogen functional groups attached to an aromatic ring is 1. The smallest absolute Gasteiger partial charge is 0.153 e. The molecule has 0 radical (unpaired) electrons. The van der Waals surface area contributed by atoms with E-state index in [1.807, 2.05) is 18.2 Å². The van der Waals surface area contributed by atoms with Crippen LogP contribution in [0.2, 0.25) is 10.0 Å². The van der Waals surface area contributed by atoms with Crippen LogP contribution < -0.4 is 5.73 Å². The third kappa shape index (κ3) is 2.91. The van der Waals surface area contributed by atoms with Crippen molar-refractivity contribution in [3.05, 3.63) is 58.1 Å². The predicted octanol–water partition coefficient (Wildman–Crippen LogP) is 4.34. The summed E-state index contributed by atoms with van der Waals surface area (Å²) in [5.74, 6) is 1.37. The molecular formula is C15H13Cl2N3O. The maximum absolute atomic E-state index is 6.08. The Morgan fingerprint density at radius 2 is 2.00 bits per heavy atom. The first-order valence-electron chi connectivity index (χ1n) is 6.45. The fraction of sp³-hybridized carbons (Fsp3) is 0.133. The third-order valence-corrected chi connectivity index (χ3v) is 4.02. The zero-order chi connectivity index (χ0) is 14.8. The van der Waals surface area contributed by atoms with Gasteiger partial charge in [-0.25, -0.2) is 0 Å². The Labute approximate surface area is 131 Å². The SMILES string of the molecule is Nc1n[nH]c(CCc2ccco2)c1-c1ccc(Cl)c(Cl)c1. The van der Waals surface area contributed by atoms with Gasteiger partial charge >= 0.3 is 0 Å². The number of H-pyrrole nitrogens is 1. The number of furan rings is 1. The monoisotopic (exact) mass is 321 g/mol. The van der Waals surface area contributed by atoms with E-state index in [1.54, 1.807) is 18.4 Å². The Morgan fingerprint density at radius 3 is 2.71 bits per heavy atom. The van der Waals surface area contributed by atoms with Gasteiger partial charge in [-0.2, -0.15) is 5.10 Å². The molecule has 3 aromatic rings. The molecule has 0 aliphatic carbocycles. The van der Waals surface area contributed by atoms with Crippen LogP contribution in [0.1, 0.15) is 11.5 Å². The molecular weight excluding hydrogens is 309 g/mol. The van der Waals surface area contributed by atoms with E-state index in [1.165, 1.54) is 0 Å². The minimum absolute atomic E-state index is 0.447. The number of benzene rings is 1. The van der Waals surface area contributed by atoms with Gasteiger partial charge in [0, 0.05) is 17.7 Å². The van der Waals surface area contributed by atoms with Crippen LogP contribution in [0.4, 0.5) is 5.82 Å². The van der Waals surface area contributed by atoms with Crippen LogP contribution >= 0.6 is 23.2 Å². The summed E-state index contributed by atoms with van der Waals surface area (Å²) in [7, 11) is 0. The van der Waals surface area contributed by atoms with Crippen LogP contribution in [0.15, 0.2) is 41.0 Å². The number of aromatic amines is 1. The van der Waals surface area contributed by atoms with E-state index in [2.05, 4.69) is 10.2 Å². The molecule has 0 aliphatic heterocycles. The van der Waals surface area contributed by atoms with Gasteiger partial charge in [-0.05, 0) is 36.2 Å². The van der Waals surface area contributed by atoms with Crippen molar-refractivity contribution in [2.45, 2.75) is 12.8 Å². The van der Waals surface area contributed by atoms with Crippen molar-refractivity contribution >= 4 is 29.0 Å². The molecule has 0 unspecified atom stereocenters. The molecule has 0 saturated heterocycles. The number of nitrogens with zero attached hydrogens (tertiary/aromatic N) is 1. The van der Waals surface area contributed by atoms with Gasteiger partial charge in [-0.1, -0.05) is 29.3 Å². The Morgan fingerprint density at radius 1 is 1.14 bits per heavy atom. The number of rotatable bonds is 4. The fourth-order valence-corrected chi connectivity index (χ4v) is 2.55. The molecule has 0 bridgehead atoms. The molecule has 6 heteroatoms. The molecule has 2 aromatic heterocycles. The molecule has 0 aliphatic rings. The standard InChI is InChI=1S/C15H13Cl2N3O/c16-11-5-3-9(8-12(11)17)14-13(19-20-15(14)18)6-4-10-2-1-7-21-10/h1-3,5,7-8H,4,6H2,(H3,18,19,20). The number of aromatic nitrogens is 2. The summed E-state index contributed by atoms with van der Waals surface area (Å²) in [6, 6.07) is 9.24. The van der Waals surface area contributed by atoms with Crippen LogP contribution in [0.5, 0.6) is 0 Å². The van der Waals surface area contributed by atoms with Crippen LogP contribution in [-0.4, -0.2) is 10.2 Å². The van der Waals surface area contributed by atoms with Gasteiger partial charge in [0.1, 0.15) is 5.76 Å². The summed E-state index contributed by atoms with van der Waals surface area (Å²) in [6.07, 6.45) is 3.17. The topological polar surface area (TPSA) is 67.8 Å². The Hall–Kier alpha value is -1.91. The molecule has 0 saturated carbocycles. The van der Waals surface area contributed by atoms with E-state index in [-0.39, 0.29) is 0 Å². The first-order chi connectivity index (χ1) is 10.1. The fourth-order valence-electron chi connectivity index (χ4n) is 2.25. The van der Waals surface area contributed by atoms with Crippen molar-refractivity contribution in [2.24, 2.45) is 0 Å². The molecule has 4 nitrogen and oxygen atoms in total. The summed E-state index contributed by atoms with van der Waals surface area (Å²) in [5.41, 5.74) is 8.67. The number of nitrogens with two attached hydrogens (primary N) is 1. The Bertz CT molecular complexity index is 750. The van der Waals surface area contributed by atoms with Gasteiger partial charge in [0.25, 0.3) is 0 Å². The van der Waals surface area contributed by atoms with Crippen molar-refractivity contribution < 1.29 is 4.42 Å². The molecule has 1 aromatic carbocycles. The molecule has 0 amide bonds. The molecule has 21 heavy (non-hydrogen) atoms. The molecule has 0 fully saturated rings. The molecule has 3 N–H and O–H groups in total. The lowest BCUT2D eigenvalue weighted by Gasteiger charge is -2.05. The lowest BCUT2D eigenvalue weighted by molar-refractivity contribution is 0.507. The highest BCUT2D eigenvalue weighted by molar-refractivity contribution is 6.42. The highest BCUT2D eigenvalue weighted by Gasteiger charge is 2.14. The van der Waals surface area contributed by atoms with Gasteiger partial charge < -0.3 is 10.2 Å². The first-order valence-corrected chi connectivity index (χ1v) is 7.21. The van der Waals surface area contributed by atoms with Gasteiger partial charge in [0.15, 0.2) is 5.82 Å². The first kappa shape index (κ1) is 14.0. The summed E-state index contributed by atoms with van der Waals surface area (Å²) in [6.45, 7) is 0. The van der Waals surface area contributed by atoms with Crippen molar-refractivity contribution in [3.63, 3.8) is 0 Å². The molecule has 3 rings (SSSR count). The summed E-state index contributed by atoms with van der Waals surface area (Å²) in [5, 5.41) is 8.07. The molecule has 2 heterocycles. The number of aryl methyl sites for hydroxylation is 2. The van der Waals surface area contributed by atoms with E-state index in [9.17, 15) is 0 Å². The molecule has 108 valence electrons. The zero-order valence-corrected chi connectivity index (χ0v) is 12.6. The van der Waals surface area contributed by atoms with Crippen LogP contribution in [0.3, 0.4) is 0 Å². The minimum Gasteiger partial charge on any atom is -0.469 e. The number of halogens is 2. The highest BCUT2D eigenvalue weighted by atomic mass is 35.5. The van der Waals surface area contributed by atoms with E-state index >= 15 is 0 Å². The minimum atomic E-state index is 0.447. The van der Waals surface area contributed by atoms with Crippen molar-refractivity contribution in [1.82, 2.24) is 10.2 Å². The largest absolute Gasteiger partial charge is 0.469 e. The second-order valence-corrected chi connectivity index (χ2v) is 5.49. The van der Waals surface area contributed by atoms with Gasteiger partial charge in [0.05, 0.1) is 16.3 Å². The quantitative estimate of drug-likeness (QED) is 0.750. The third-order valence-electron chi connectivity index (χ3n) is 3.28. The second-order valence-electron chi connectivity index (χ2n) is 4.67. The number of hydrogen-bond acceptors (Lipinski definition) is 3. The number of anilines is 1. The van der Waals surface area contributed by atoms with E-state index in [0.29, 0.717) is 15.9 Å². The lowest BCUT2D eigenvalue weighted by Crippen LogP contribution is -1.94.